The maximum Gasteiger partial charge on any atom is 0.150 e. The van der Waals surface area contributed by atoms with Gasteiger partial charge < -0.3 is 15.0 Å². The molecule has 28 heavy (non-hydrogen) atoms. The Bertz CT molecular complexity index is 1010. The van der Waals surface area contributed by atoms with Crippen LogP contribution in [0.5, 0.6) is 0 Å². The zero-order chi connectivity index (χ0) is 20.2. The van der Waals surface area contributed by atoms with Crippen LogP contribution in [0.4, 0.5) is 8.78 Å². The molecule has 3 atom stereocenters. The van der Waals surface area contributed by atoms with Crippen LogP contribution >= 0.6 is 0 Å². The smallest absolute Gasteiger partial charge is 0.150 e. The van der Waals surface area contributed by atoms with Crippen molar-refractivity contribution in [2.45, 2.75) is 26.4 Å². The van der Waals surface area contributed by atoms with Crippen LogP contribution in [-0.4, -0.2) is 40.1 Å². The number of nitrogens with zero attached hydrogens (tertiary/aromatic N) is 2. The Morgan fingerprint density at radius 3 is 2.50 bits per heavy atom. The van der Waals surface area contributed by atoms with E-state index >= 15 is 4.39 Å². The van der Waals surface area contributed by atoms with Crippen molar-refractivity contribution in [2.75, 3.05) is 20.1 Å². The average Bonchev–Trinajstić information content (AvgIpc) is 3.00. The predicted molar refractivity (Wildman–Crippen MR) is 106 cm³/mol. The Morgan fingerprint density at radius 1 is 1.18 bits per heavy atom. The van der Waals surface area contributed by atoms with Crippen LogP contribution < -0.4 is 0 Å². The second-order valence-corrected chi connectivity index (χ2v) is 8.22. The van der Waals surface area contributed by atoms with Gasteiger partial charge >= 0.3 is 0 Å². The molecule has 1 aromatic carbocycles. The third-order valence-corrected chi connectivity index (χ3v) is 6.20. The second-order valence-electron chi connectivity index (χ2n) is 8.22. The third kappa shape index (κ3) is 2.74. The number of likely N-dealkylation sites (tertiary alicyclic amines) is 1. The summed E-state index contributed by atoms with van der Waals surface area (Å²) in [5.74, 6) is -1.11. The number of benzene rings is 1. The number of fused-ring (bicyclic) bond motifs is 1. The van der Waals surface area contributed by atoms with Crippen molar-refractivity contribution in [3.63, 3.8) is 0 Å². The molecule has 3 aromatic rings. The van der Waals surface area contributed by atoms with E-state index in [9.17, 15) is 9.50 Å². The second kappa shape index (κ2) is 6.64. The topological polar surface area (TPSA) is 52.1 Å². The van der Waals surface area contributed by atoms with Gasteiger partial charge in [-0.05, 0) is 42.8 Å². The number of H-pyrrole nitrogens is 1. The minimum atomic E-state index is -1.24. The van der Waals surface area contributed by atoms with Crippen LogP contribution in [-0.2, 0) is 5.60 Å². The molecule has 3 heterocycles. The van der Waals surface area contributed by atoms with E-state index in [2.05, 4.69) is 14.9 Å². The summed E-state index contributed by atoms with van der Waals surface area (Å²) in [5.41, 5.74) is 1.35. The quantitative estimate of drug-likeness (QED) is 0.694. The first kappa shape index (κ1) is 19.0. The van der Waals surface area contributed by atoms with Gasteiger partial charge in [-0.25, -0.2) is 13.8 Å². The van der Waals surface area contributed by atoms with Gasteiger partial charge in [-0.3, -0.25) is 0 Å². The number of piperidine rings is 1. The average molecular weight is 385 g/mol. The van der Waals surface area contributed by atoms with E-state index in [1.165, 1.54) is 12.3 Å². The largest absolute Gasteiger partial charge is 0.384 e. The number of aromatic amines is 1. The number of pyridine rings is 1. The van der Waals surface area contributed by atoms with E-state index in [1.807, 2.05) is 33.9 Å². The highest BCUT2D eigenvalue weighted by atomic mass is 19.1. The lowest BCUT2D eigenvalue weighted by Crippen LogP contribution is -2.54. The molecule has 4 nitrogen and oxygen atoms in total. The van der Waals surface area contributed by atoms with Crippen LogP contribution in [0.3, 0.4) is 0 Å². The minimum absolute atomic E-state index is 0.116. The molecule has 6 heteroatoms. The van der Waals surface area contributed by atoms with Crippen molar-refractivity contribution in [1.82, 2.24) is 14.9 Å². The molecular weight excluding hydrogens is 360 g/mol. The van der Waals surface area contributed by atoms with Gasteiger partial charge in [0.2, 0.25) is 0 Å². The first-order valence-corrected chi connectivity index (χ1v) is 9.57. The summed E-state index contributed by atoms with van der Waals surface area (Å²) < 4.78 is 29.7. The van der Waals surface area contributed by atoms with Gasteiger partial charge in [-0.15, -0.1) is 0 Å². The molecule has 1 aliphatic heterocycles. The molecule has 1 saturated heterocycles. The lowest BCUT2D eigenvalue weighted by atomic mass is 9.69. The highest BCUT2D eigenvalue weighted by Gasteiger charge is 2.47. The SMILES string of the molecule is Cc1cc(-c2ccnc3[nH]cc(F)c23)cc(F)c1[C@@]1(O)[C@H](C)CN(C)C[C@@H]1C. The molecule has 0 spiro atoms. The van der Waals surface area contributed by atoms with E-state index in [0.717, 1.165) is 0 Å². The lowest BCUT2D eigenvalue weighted by Gasteiger charge is -2.47. The third-order valence-electron chi connectivity index (χ3n) is 6.20. The standard InChI is InChI=1S/C22H25F2N3O/c1-12-7-15(16-5-6-25-21-19(16)18(24)9-26-21)8-17(23)20(12)22(28)13(2)10-27(4)11-14(22)3/h5-9,13-14,28H,10-11H2,1-4H3,(H,25,26)/t13-,14+,22-. The Hall–Kier alpha value is -2.31. The van der Waals surface area contributed by atoms with Crippen LogP contribution in [0.1, 0.15) is 25.0 Å². The fourth-order valence-electron chi connectivity index (χ4n) is 4.93. The number of aromatic nitrogens is 2. The van der Waals surface area contributed by atoms with Crippen molar-refractivity contribution in [3.8, 4) is 11.1 Å². The molecule has 2 aromatic heterocycles. The normalized spacial score (nSPS) is 26.1. The van der Waals surface area contributed by atoms with Gasteiger partial charge in [0.15, 0.2) is 5.82 Å². The van der Waals surface area contributed by atoms with Crippen molar-refractivity contribution >= 4 is 11.0 Å². The fourth-order valence-corrected chi connectivity index (χ4v) is 4.93. The Morgan fingerprint density at radius 2 is 1.86 bits per heavy atom. The highest BCUT2D eigenvalue weighted by Crippen LogP contribution is 2.44. The van der Waals surface area contributed by atoms with Gasteiger partial charge in [0, 0.05) is 42.9 Å². The first-order chi connectivity index (χ1) is 13.2. The number of hydrogen-bond donors (Lipinski definition) is 2. The summed E-state index contributed by atoms with van der Waals surface area (Å²) in [6.45, 7) is 7.12. The Labute approximate surface area is 163 Å². The van der Waals surface area contributed by atoms with E-state index in [-0.39, 0.29) is 11.8 Å². The monoisotopic (exact) mass is 385 g/mol. The van der Waals surface area contributed by atoms with Crippen molar-refractivity contribution in [2.24, 2.45) is 11.8 Å². The van der Waals surface area contributed by atoms with Gasteiger partial charge in [0.05, 0.1) is 5.39 Å². The van der Waals surface area contributed by atoms with E-state index in [0.29, 0.717) is 46.4 Å². The molecule has 1 aliphatic rings. The molecule has 2 N–H and O–H groups in total. The number of nitrogens with one attached hydrogen (secondary N) is 1. The van der Waals surface area contributed by atoms with Crippen LogP contribution in [0.25, 0.3) is 22.2 Å². The summed E-state index contributed by atoms with van der Waals surface area (Å²) >= 11 is 0. The van der Waals surface area contributed by atoms with Gasteiger partial charge in [0.25, 0.3) is 0 Å². The van der Waals surface area contributed by atoms with Gasteiger partial charge in [-0.2, -0.15) is 0 Å². The van der Waals surface area contributed by atoms with Crippen molar-refractivity contribution in [1.29, 1.82) is 0 Å². The minimum Gasteiger partial charge on any atom is -0.384 e. The van der Waals surface area contributed by atoms with E-state index in [4.69, 9.17) is 0 Å². The number of hydrogen-bond acceptors (Lipinski definition) is 3. The van der Waals surface area contributed by atoms with Crippen LogP contribution in [0.2, 0.25) is 0 Å². The van der Waals surface area contributed by atoms with Crippen molar-refractivity contribution < 1.29 is 13.9 Å². The number of halogens is 2. The zero-order valence-electron chi connectivity index (χ0n) is 16.6. The Balaban J connectivity index is 1.87. The molecule has 0 radical (unpaired) electrons. The summed E-state index contributed by atoms with van der Waals surface area (Å²) in [5, 5.41) is 11.9. The molecule has 0 amide bonds. The molecule has 0 unspecified atom stereocenters. The maximum absolute atomic E-state index is 15.4. The number of aryl methyl sites for hydroxylation is 1. The van der Waals surface area contributed by atoms with Crippen molar-refractivity contribution in [3.05, 3.63) is 53.4 Å². The van der Waals surface area contributed by atoms with Gasteiger partial charge in [0.1, 0.15) is 17.1 Å². The highest BCUT2D eigenvalue weighted by molar-refractivity contribution is 5.93. The zero-order valence-corrected chi connectivity index (χ0v) is 16.6. The van der Waals surface area contributed by atoms with E-state index < -0.39 is 17.2 Å². The number of rotatable bonds is 2. The predicted octanol–water partition coefficient (Wildman–Crippen LogP) is 4.22. The summed E-state index contributed by atoms with van der Waals surface area (Å²) in [6, 6.07) is 4.91. The molecular formula is C22H25F2N3O. The molecule has 0 aliphatic carbocycles. The molecule has 0 saturated carbocycles. The number of aliphatic hydroxyl groups is 1. The molecule has 4 rings (SSSR count). The summed E-state index contributed by atoms with van der Waals surface area (Å²) in [6.07, 6.45) is 2.83. The maximum atomic E-state index is 15.4. The van der Waals surface area contributed by atoms with Gasteiger partial charge in [-0.1, -0.05) is 19.9 Å². The summed E-state index contributed by atoms with van der Waals surface area (Å²) in [7, 11) is 2.01. The lowest BCUT2D eigenvalue weighted by molar-refractivity contribution is -0.110. The van der Waals surface area contributed by atoms with E-state index in [1.54, 1.807) is 12.3 Å². The molecule has 0 bridgehead atoms. The summed E-state index contributed by atoms with van der Waals surface area (Å²) in [4.78, 5) is 9.08. The molecule has 148 valence electrons. The first-order valence-electron chi connectivity index (χ1n) is 9.57. The molecule has 1 fully saturated rings. The van der Waals surface area contributed by atoms with Crippen LogP contribution in [0, 0.1) is 30.4 Å². The van der Waals surface area contributed by atoms with Crippen LogP contribution in [0.15, 0.2) is 30.6 Å². The fraction of sp³-hybridized carbons (Fsp3) is 0.409. The Kier molecular flexibility index (Phi) is 4.51.